The number of carbonyl (C=O) groups is 1. The lowest BCUT2D eigenvalue weighted by Crippen LogP contribution is -1.98. The Morgan fingerprint density at radius 3 is 2.56 bits per heavy atom. The first-order chi connectivity index (χ1) is 12.2. The van der Waals surface area contributed by atoms with Gasteiger partial charge in [0.05, 0.1) is 10.9 Å². The van der Waals surface area contributed by atoms with E-state index < -0.39 is 5.97 Å². The molecule has 2 aromatic carbocycles. The standard InChI is InChI=1S/C19H12N2O2S2/c22-19(23)13-8-4-5-9-15(13)25-18-16-14(12-6-2-1-3-7-12)10-24-17(16)20-11-21-18/h1-11H,(H,22,23). The summed E-state index contributed by atoms with van der Waals surface area (Å²) in [6, 6.07) is 17.0. The number of rotatable bonds is 4. The topological polar surface area (TPSA) is 63.1 Å². The quantitative estimate of drug-likeness (QED) is 0.504. The fourth-order valence-electron chi connectivity index (χ4n) is 2.59. The van der Waals surface area contributed by atoms with E-state index in [1.54, 1.807) is 29.5 Å². The molecule has 25 heavy (non-hydrogen) atoms. The van der Waals surface area contributed by atoms with E-state index in [0.29, 0.717) is 4.90 Å². The zero-order valence-electron chi connectivity index (χ0n) is 12.9. The van der Waals surface area contributed by atoms with E-state index in [4.69, 9.17) is 0 Å². The molecule has 0 atom stereocenters. The summed E-state index contributed by atoms with van der Waals surface area (Å²) < 4.78 is 0. The van der Waals surface area contributed by atoms with Gasteiger partial charge in [0.25, 0.3) is 0 Å². The van der Waals surface area contributed by atoms with E-state index in [2.05, 4.69) is 15.3 Å². The van der Waals surface area contributed by atoms with Gasteiger partial charge in [-0.15, -0.1) is 11.3 Å². The van der Waals surface area contributed by atoms with E-state index >= 15 is 0 Å². The van der Waals surface area contributed by atoms with Crippen molar-refractivity contribution in [2.24, 2.45) is 0 Å². The number of aromatic carboxylic acids is 1. The van der Waals surface area contributed by atoms with Gasteiger partial charge in [0.1, 0.15) is 16.2 Å². The Hall–Kier alpha value is -2.70. The van der Waals surface area contributed by atoms with Gasteiger partial charge in [0.15, 0.2) is 0 Å². The van der Waals surface area contributed by atoms with Gasteiger partial charge in [0.2, 0.25) is 0 Å². The molecule has 0 aliphatic heterocycles. The van der Waals surface area contributed by atoms with Crippen LogP contribution in [0.3, 0.4) is 0 Å². The molecule has 0 amide bonds. The van der Waals surface area contributed by atoms with Crippen LogP contribution < -0.4 is 0 Å². The number of carboxylic acid groups (broad SMARTS) is 1. The lowest BCUT2D eigenvalue weighted by atomic mass is 10.1. The molecule has 0 bridgehead atoms. The number of aromatic nitrogens is 2. The van der Waals surface area contributed by atoms with E-state index in [9.17, 15) is 9.90 Å². The molecule has 0 aliphatic carbocycles. The van der Waals surface area contributed by atoms with Crippen LogP contribution in [0.1, 0.15) is 10.4 Å². The SMILES string of the molecule is O=C(O)c1ccccc1Sc1ncnc2scc(-c3ccccc3)c12. The Morgan fingerprint density at radius 2 is 1.76 bits per heavy atom. The molecule has 0 radical (unpaired) electrons. The molecule has 0 spiro atoms. The molecule has 0 unspecified atom stereocenters. The number of carboxylic acids is 1. The number of hydrogen-bond acceptors (Lipinski definition) is 5. The first kappa shape index (κ1) is 15.8. The van der Waals surface area contributed by atoms with Crippen LogP contribution in [0.5, 0.6) is 0 Å². The van der Waals surface area contributed by atoms with E-state index in [-0.39, 0.29) is 5.56 Å². The van der Waals surface area contributed by atoms with Crippen molar-refractivity contribution in [2.45, 2.75) is 9.92 Å². The summed E-state index contributed by atoms with van der Waals surface area (Å²) in [4.78, 5) is 21.8. The molecule has 4 aromatic rings. The van der Waals surface area contributed by atoms with Crippen LogP contribution in [0.2, 0.25) is 0 Å². The highest BCUT2D eigenvalue weighted by Crippen LogP contribution is 2.40. The Labute approximate surface area is 152 Å². The van der Waals surface area contributed by atoms with Crippen molar-refractivity contribution in [3.05, 3.63) is 71.9 Å². The third kappa shape index (κ3) is 3.01. The Bertz CT molecular complexity index is 1060. The van der Waals surface area contributed by atoms with Gasteiger partial charge < -0.3 is 5.11 Å². The third-order valence-electron chi connectivity index (χ3n) is 3.74. The summed E-state index contributed by atoms with van der Waals surface area (Å²) in [6.07, 6.45) is 1.53. The molecule has 1 N–H and O–H groups in total. The molecule has 4 rings (SSSR count). The molecule has 0 saturated carbocycles. The minimum atomic E-state index is -0.943. The largest absolute Gasteiger partial charge is 0.478 e. The number of hydrogen-bond donors (Lipinski definition) is 1. The lowest BCUT2D eigenvalue weighted by Gasteiger charge is -2.07. The Balaban J connectivity index is 1.86. The first-order valence-electron chi connectivity index (χ1n) is 7.52. The molecule has 0 fully saturated rings. The molecule has 2 heterocycles. The van der Waals surface area contributed by atoms with E-state index in [0.717, 1.165) is 26.4 Å². The minimum absolute atomic E-state index is 0.274. The average Bonchev–Trinajstić information content (AvgIpc) is 3.08. The second kappa shape index (κ2) is 6.66. The normalized spacial score (nSPS) is 10.9. The van der Waals surface area contributed by atoms with Gasteiger partial charge >= 0.3 is 5.97 Å². The van der Waals surface area contributed by atoms with Gasteiger partial charge in [-0.25, -0.2) is 14.8 Å². The number of fused-ring (bicyclic) bond motifs is 1. The highest BCUT2D eigenvalue weighted by Gasteiger charge is 2.16. The first-order valence-corrected chi connectivity index (χ1v) is 9.21. The summed E-state index contributed by atoms with van der Waals surface area (Å²) in [7, 11) is 0. The molecular formula is C19H12N2O2S2. The maximum atomic E-state index is 11.5. The molecular weight excluding hydrogens is 352 g/mol. The zero-order chi connectivity index (χ0) is 17.2. The van der Waals surface area contributed by atoms with Crippen LogP contribution in [0, 0.1) is 0 Å². The van der Waals surface area contributed by atoms with Gasteiger partial charge in [-0.3, -0.25) is 0 Å². The number of benzene rings is 2. The van der Waals surface area contributed by atoms with E-state index in [1.165, 1.54) is 18.1 Å². The molecule has 4 nitrogen and oxygen atoms in total. The van der Waals surface area contributed by atoms with Gasteiger partial charge in [-0.1, -0.05) is 54.2 Å². The second-order valence-corrected chi connectivity index (χ2v) is 7.17. The summed E-state index contributed by atoms with van der Waals surface area (Å²) in [5.41, 5.74) is 2.43. The van der Waals surface area contributed by atoms with Crippen molar-refractivity contribution in [3.8, 4) is 11.1 Å². The van der Waals surface area contributed by atoms with Crippen molar-refractivity contribution in [1.29, 1.82) is 0 Å². The highest BCUT2D eigenvalue weighted by atomic mass is 32.2. The minimum Gasteiger partial charge on any atom is -0.478 e. The molecule has 122 valence electrons. The van der Waals surface area contributed by atoms with E-state index in [1.807, 2.05) is 36.4 Å². The van der Waals surface area contributed by atoms with Crippen molar-refractivity contribution in [3.63, 3.8) is 0 Å². The molecule has 6 heteroatoms. The summed E-state index contributed by atoms with van der Waals surface area (Å²) >= 11 is 2.92. The molecule has 0 aliphatic rings. The maximum Gasteiger partial charge on any atom is 0.336 e. The van der Waals surface area contributed by atoms with Crippen LogP contribution in [0.4, 0.5) is 0 Å². The van der Waals surface area contributed by atoms with Crippen molar-refractivity contribution >= 4 is 39.3 Å². The molecule has 2 aromatic heterocycles. The fraction of sp³-hybridized carbons (Fsp3) is 0. The lowest BCUT2D eigenvalue weighted by molar-refractivity contribution is 0.0693. The Morgan fingerprint density at radius 1 is 1.00 bits per heavy atom. The van der Waals surface area contributed by atoms with Crippen LogP contribution >= 0.6 is 23.1 Å². The van der Waals surface area contributed by atoms with Crippen LogP contribution in [-0.2, 0) is 0 Å². The van der Waals surface area contributed by atoms with Gasteiger partial charge in [0, 0.05) is 15.8 Å². The monoisotopic (exact) mass is 364 g/mol. The van der Waals surface area contributed by atoms with Crippen LogP contribution in [0.25, 0.3) is 21.3 Å². The Kier molecular flexibility index (Phi) is 4.21. The van der Waals surface area contributed by atoms with Crippen molar-refractivity contribution < 1.29 is 9.90 Å². The molecule has 0 saturated heterocycles. The summed E-state index contributed by atoms with van der Waals surface area (Å²) in [5.74, 6) is -0.943. The van der Waals surface area contributed by atoms with Gasteiger partial charge in [-0.05, 0) is 17.7 Å². The summed E-state index contributed by atoms with van der Waals surface area (Å²) in [5, 5.41) is 13.2. The zero-order valence-corrected chi connectivity index (χ0v) is 14.6. The predicted molar refractivity (Wildman–Crippen MR) is 100 cm³/mol. The fourth-order valence-corrected chi connectivity index (χ4v) is 4.60. The number of nitrogens with zero attached hydrogens (tertiary/aromatic N) is 2. The highest BCUT2D eigenvalue weighted by molar-refractivity contribution is 7.99. The smallest absolute Gasteiger partial charge is 0.336 e. The summed E-state index contributed by atoms with van der Waals surface area (Å²) in [6.45, 7) is 0. The van der Waals surface area contributed by atoms with Crippen LogP contribution in [0.15, 0.2) is 76.2 Å². The van der Waals surface area contributed by atoms with Crippen molar-refractivity contribution in [1.82, 2.24) is 9.97 Å². The predicted octanol–water partition coefficient (Wildman–Crippen LogP) is 5.21. The average molecular weight is 364 g/mol. The van der Waals surface area contributed by atoms with Gasteiger partial charge in [-0.2, -0.15) is 0 Å². The van der Waals surface area contributed by atoms with Crippen LogP contribution in [-0.4, -0.2) is 21.0 Å². The maximum absolute atomic E-state index is 11.5. The third-order valence-corrected chi connectivity index (χ3v) is 5.71. The second-order valence-electron chi connectivity index (χ2n) is 5.28. The van der Waals surface area contributed by atoms with Crippen molar-refractivity contribution in [2.75, 3.05) is 0 Å². The number of thiophene rings is 1.